The second-order valence-corrected chi connectivity index (χ2v) is 5.39. The van der Waals surface area contributed by atoms with E-state index < -0.39 is 0 Å². The van der Waals surface area contributed by atoms with E-state index in [9.17, 15) is 0 Å². The predicted octanol–water partition coefficient (Wildman–Crippen LogP) is 6.08. The topological polar surface area (TPSA) is 26.0 Å². The molecule has 0 aromatic rings. The molecule has 0 aliphatic heterocycles. The average Bonchev–Trinajstić information content (AvgIpc) is 2.40. The van der Waals surface area contributed by atoms with Gasteiger partial charge in [-0.1, -0.05) is 73.5 Å². The quantitative estimate of drug-likeness (QED) is 0.581. The first kappa shape index (κ1) is 21.0. The van der Waals surface area contributed by atoms with Crippen LogP contribution in [0, 0.1) is 5.41 Å². The minimum absolute atomic E-state index is 0.0619. The Morgan fingerprint density at radius 1 is 1.00 bits per heavy atom. The first-order valence-corrected chi connectivity index (χ1v) is 8.49. The molecule has 0 saturated heterocycles. The Labute approximate surface area is 123 Å². The molecule has 1 fully saturated rings. The Bertz CT molecular complexity index is 216. The molecule has 116 valence electrons. The van der Waals surface area contributed by atoms with Crippen LogP contribution < -0.4 is 5.73 Å². The zero-order valence-electron chi connectivity index (χ0n) is 14.7. The molecular weight excluding hydrogens is 230 g/mol. The Kier molecular flexibility index (Phi) is 11.6. The van der Waals surface area contributed by atoms with E-state index in [2.05, 4.69) is 27.4 Å². The second kappa shape index (κ2) is 10.5. The smallest absolute Gasteiger partial charge is 0.0217 e. The molecular formula is C18H39N. The van der Waals surface area contributed by atoms with Crippen molar-refractivity contribution in [2.24, 2.45) is 11.1 Å². The highest BCUT2D eigenvalue weighted by Crippen LogP contribution is 2.56. The first-order chi connectivity index (χ1) is 9.03. The van der Waals surface area contributed by atoms with E-state index in [4.69, 9.17) is 5.73 Å². The lowest BCUT2D eigenvalue weighted by Gasteiger charge is -2.55. The Morgan fingerprint density at radius 2 is 1.37 bits per heavy atom. The van der Waals surface area contributed by atoms with Crippen LogP contribution in [-0.4, -0.2) is 5.54 Å². The van der Waals surface area contributed by atoms with Crippen molar-refractivity contribution in [3.05, 3.63) is 12.2 Å². The van der Waals surface area contributed by atoms with Gasteiger partial charge in [-0.3, -0.25) is 0 Å². The van der Waals surface area contributed by atoms with E-state index in [1.54, 1.807) is 0 Å². The van der Waals surface area contributed by atoms with Gasteiger partial charge in [0.05, 0.1) is 0 Å². The Morgan fingerprint density at radius 3 is 1.58 bits per heavy atom. The number of hydrogen-bond donors (Lipinski definition) is 1. The van der Waals surface area contributed by atoms with Crippen molar-refractivity contribution in [3.8, 4) is 0 Å². The van der Waals surface area contributed by atoms with E-state index in [-0.39, 0.29) is 5.54 Å². The summed E-state index contributed by atoms with van der Waals surface area (Å²) in [5, 5.41) is 0. The van der Waals surface area contributed by atoms with Crippen molar-refractivity contribution < 1.29 is 0 Å². The SMILES string of the molecule is C=C1CC(CC)(C(N)(CCC)CCC)C1.CC.CC. The van der Waals surface area contributed by atoms with Gasteiger partial charge in [-0.15, -0.1) is 0 Å². The van der Waals surface area contributed by atoms with Gasteiger partial charge in [0.1, 0.15) is 0 Å². The van der Waals surface area contributed by atoms with Gasteiger partial charge in [-0.2, -0.15) is 0 Å². The third kappa shape index (κ3) is 4.95. The summed E-state index contributed by atoms with van der Waals surface area (Å²) in [5.74, 6) is 0. The minimum Gasteiger partial charge on any atom is -0.325 e. The standard InChI is InChI=1S/C14H27N.2C2H6/c1-5-8-14(15,9-6-2)13(7-3)10-12(4)11-13;2*1-2/h4-11,15H2,1-3H3;2*1-2H3. The third-order valence-corrected chi connectivity index (χ3v) is 4.30. The van der Waals surface area contributed by atoms with E-state index in [0.717, 1.165) is 0 Å². The van der Waals surface area contributed by atoms with E-state index >= 15 is 0 Å². The van der Waals surface area contributed by atoms with Crippen LogP contribution in [0.25, 0.3) is 0 Å². The monoisotopic (exact) mass is 269 g/mol. The zero-order valence-corrected chi connectivity index (χ0v) is 14.7. The summed E-state index contributed by atoms with van der Waals surface area (Å²) in [6.07, 6.45) is 8.28. The summed E-state index contributed by atoms with van der Waals surface area (Å²) in [5.41, 5.74) is 8.53. The molecule has 0 atom stereocenters. The number of hydrogen-bond acceptors (Lipinski definition) is 1. The highest BCUT2D eigenvalue weighted by molar-refractivity contribution is 5.22. The van der Waals surface area contributed by atoms with Gasteiger partial charge in [0, 0.05) is 5.54 Å². The van der Waals surface area contributed by atoms with Crippen LogP contribution in [0.1, 0.15) is 93.4 Å². The van der Waals surface area contributed by atoms with Crippen LogP contribution in [0.3, 0.4) is 0 Å². The molecule has 0 aromatic heterocycles. The van der Waals surface area contributed by atoms with Crippen LogP contribution in [0.4, 0.5) is 0 Å². The fourth-order valence-electron chi connectivity index (χ4n) is 3.41. The molecule has 1 aliphatic rings. The molecule has 0 radical (unpaired) electrons. The molecule has 0 amide bonds. The highest BCUT2D eigenvalue weighted by atomic mass is 14.8. The van der Waals surface area contributed by atoms with Gasteiger partial charge < -0.3 is 5.73 Å². The number of rotatable bonds is 6. The molecule has 1 rings (SSSR count). The Balaban J connectivity index is 0. The molecule has 0 bridgehead atoms. The molecule has 0 spiro atoms. The molecule has 0 heterocycles. The maximum absolute atomic E-state index is 6.69. The molecule has 0 unspecified atom stereocenters. The summed E-state index contributed by atoms with van der Waals surface area (Å²) < 4.78 is 0. The minimum atomic E-state index is 0.0619. The lowest BCUT2D eigenvalue weighted by atomic mass is 9.52. The normalized spacial score (nSPS) is 16.5. The molecule has 19 heavy (non-hydrogen) atoms. The average molecular weight is 270 g/mol. The van der Waals surface area contributed by atoms with Gasteiger partial charge in [0.15, 0.2) is 0 Å². The van der Waals surface area contributed by atoms with Crippen molar-refractivity contribution >= 4 is 0 Å². The molecule has 1 aliphatic carbocycles. The van der Waals surface area contributed by atoms with Crippen LogP contribution in [0.5, 0.6) is 0 Å². The van der Waals surface area contributed by atoms with Crippen molar-refractivity contribution in [1.29, 1.82) is 0 Å². The summed E-state index contributed by atoms with van der Waals surface area (Å²) >= 11 is 0. The van der Waals surface area contributed by atoms with Crippen LogP contribution in [0.2, 0.25) is 0 Å². The number of allylic oxidation sites excluding steroid dienone is 1. The van der Waals surface area contributed by atoms with Crippen molar-refractivity contribution in [2.75, 3.05) is 0 Å². The maximum Gasteiger partial charge on any atom is 0.0217 e. The fourth-order valence-corrected chi connectivity index (χ4v) is 3.41. The molecule has 2 N–H and O–H groups in total. The molecule has 1 saturated carbocycles. The second-order valence-electron chi connectivity index (χ2n) is 5.39. The Hall–Kier alpha value is -0.300. The highest BCUT2D eigenvalue weighted by Gasteiger charge is 2.51. The summed E-state index contributed by atoms with van der Waals surface area (Å²) in [6.45, 7) is 18.9. The van der Waals surface area contributed by atoms with Crippen molar-refractivity contribution in [3.63, 3.8) is 0 Å². The van der Waals surface area contributed by atoms with Crippen LogP contribution in [0.15, 0.2) is 12.2 Å². The molecule has 1 nitrogen and oxygen atoms in total. The van der Waals surface area contributed by atoms with Gasteiger partial charge in [0.25, 0.3) is 0 Å². The van der Waals surface area contributed by atoms with Gasteiger partial charge in [0.2, 0.25) is 0 Å². The lowest BCUT2D eigenvalue weighted by molar-refractivity contribution is 0.0476. The first-order valence-electron chi connectivity index (χ1n) is 8.49. The fraction of sp³-hybridized carbons (Fsp3) is 0.889. The predicted molar refractivity (Wildman–Crippen MR) is 90.5 cm³/mol. The van der Waals surface area contributed by atoms with Crippen LogP contribution >= 0.6 is 0 Å². The summed E-state index contributed by atoms with van der Waals surface area (Å²) in [6, 6.07) is 0. The summed E-state index contributed by atoms with van der Waals surface area (Å²) in [4.78, 5) is 0. The van der Waals surface area contributed by atoms with Crippen molar-refractivity contribution in [2.45, 2.75) is 99.0 Å². The van der Waals surface area contributed by atoms with Crippen molar-refractivity contribution in [1.82, 2.24) is 0 Å². The summed E-state index contributed by atoms with van der Waals surface area (Å²) in [7, 11) is 0. The van der Waals surface area contributed by atoms with E-state index in [0.29, 0.717) is 5.41 Å². The van der Waals surface area contributed by atoms with Gasteiger partial charge in [-0.25, -0.2) is 0 Å². The van der Waals surface area contributed by atoms with E-state index in [1.165, 1.54) is 50.5 Å². The third-order valence-electron chi connectivity index (χ3n) is 4.30. The van der Waals surface area contributed by atoms with Crippen LogP contribution in [-0.2, 0) is 0 Å². The van der Waals surface area contributed by atoms with E-state index in [1.807, 2.05) is 27.7 Å². The maximum atomic E-state index is 6.69. The molecule has 1 heteroatoms. The molecule has 0 aromatic carbocycles. The lowest BCUT2D eigenvalue weighted by Crippen LogP contribution is -2.59. The number of nitrogens with two attached hydrogens (primary N) is 1. The van der Waals surface area contributed by atoms with Gasteiger partial charge in [-0.05, 0) is 37.5 Å². The zero-order chi connectivity index (χ0) is 15.5. The van der Waals surface area contributed by atoms with Gasteiger partial charge >= 0.3 is 0 Å². The largest absolute Gasteiger partial charge is 0.325 e.